The standard InChI is InChI=1S/C42H30N/c1-28-25-26-43-40(27-28)30-19-21-31(22-20-30)41-35-15-7-9-17-37(35)42(38-18-10-8-16-36(38)41)39-24-23-32(29-11-3-2-4-12-29)33-13-5-6-14-34(33)39/h2-25,27H,26H2,1H3/q-1. The van der Waals surface area contributed by atoms with Gasteiger partial charge in [0.25, 0.3) is 0 Å². The first kappa shape index (κ1) is 25.3. The molecule has 1 aliphatic heterocycles. The first-order chi connectivity index (χ1) is 21.3. The van der Waals surface area contributed by atoms with Gasteiger partial charge in [-0.2, -0.15) is 0 Å². The topological polar surface area (TPSA) is 14.1 Å². The van der Waals surface area contributed by atoms with Crippen molar-refractivity contribution in [2.24, 2.45) is 0 Å². The van der Waals surface area contributed by atoms with Crippen LogP contribution in [0.4, 0.5) is 0 Å². The van der Waals surface area contributed by atoms with Gasteiger partial charge < -0.3 is 5.32 Å². The van der Waals surface area contributed by atoms with Crippen molar-refractivity contribution in [3.05, 3.63) is 168 Å². The van der Waals surface area contributed by atoms with E-state index >= 15 is 0 Å². The predicted molar refractivity (Wildman–Crippen MR) is 185 cm³/mol. The van der Waals surface area contributed by atoms with E-state index in [2.05, 4.69) is 159 Å². The molecule has 0 saturated carbocycles. The molecule has 0 radical (unpaired) electrons. The minimum Gasteiger partial charge on any atom is -0.681 e. The molecule has 7 aromatic rings. The summed E-state index contributed by atoms with van der Waals surface area (Å²) in [6.45, 7) is 2.89. The van der Waals surface area contributed by atoms with E-state index in [1.54, 1.807) is 0 Å². The molecule has 1 aliphatic rings. The highest BCUT2D eigenvalue weighted by molar-refractivity contribution is 6.24. The quantitative estimate of drug-likeness (QED) is 0.194. The molecule has 0 aromatic heterocycles. The number of rotatable bonds is 4. The summed E-state index contributed by atoms with van der Waals surface area (Å²) >= 11 is 0. The first-order valence-corrected chi connectivity index (χ1v) is 14.9. The van der Waals surface area contributed by atoms with Crippen LogP contribution in [0.5, 0.6) is 0 Å². The Labute approximate surface area is 252 Å². The summed E-state index contributed by atoms with van der Waals surface area (Å²) in [6, 6.07) is 50.9. The van der Waals surface area contributed by atoms with E-state index in [0.717, 1.165) is 17.8 Å². The molecule has 1 heteroatoms. The third-order valence-electron chi connectivity index (χ3n) is 8.72. The number of allylic oxidation sites excluding steroid dienone is 2. The van der Waals surface area contributed by atoms with Crippen molar-refractivity contribution in [2.45, 2.75) is 6.92 Å². The lowest BCUT2D eigenvalue weighted by atomic mass is 9.83. The van der Waals surface area contributed by atoms with Crippen molar-refractivity contribution in [3.8, 4) is 33.4 Å². The Bertz CT molecular complexity index is 2160. The van der Waals surface area contributed by atoms with Gasteiger partial charge in [-0.1, -0.05) is 157 Å². The smallest absolute Gasteiger partial charge is 0.00201 e. The van der Waals surface area contributed by atoms with Crippen molar-refractivity contribution in [1.82, 2.24) is 0 Å². The van der Waals surface area contributed by atoms with Gasteiger partial charge in [-0.05, 0) is 78.2 Å². The molecule has 0 bridgehead atoms. The number of fused-ring (bicyclic) bond motifs is 3. The number of hydrogen-bond acceptors (Lipinski definition) is 0. The van der Waals surface area contributed by atoms with Gasteiger partial charge in [-0.3, -0.25) is 0 Å². The van der Waals surface area contributed by atoms with E-state index in [1.807, 2.05) is 0 Å². The molecule has 0 unspecified atom stereocenters. The number of benzene rings is 7. The third-order valence-corrected chi connectivity index (χ3v) is 8.72. The second-order valence-corrected chi connectivity index (χ2v) is 11.3. The molecule has 1 heterocycles. The highest BCUT2D eigenvalue weighted by Crippen LogP contribution is 2.46. The van der Waals surface area contributed by atoms with Gasteiger partial charge in [0.05, 0.1) is 0 Å². The molecule has 204 valence electrons. The maximum atomic E-state index is 4.73. The van der Waals surface area contributed by atoms with E-state index in [9.17, 15) is 0 Å². The van der Waals surface area contributed by atoms with Crippen LogP contribution in [-0.2, 0) is 0 Å². The zero-order valence-corrected chi connectivity index (χ0v) is 24.1. The van der Waals surface area contributed by atoms with Crippen LogP contribution in [0, 0.1) is 0 Å². The van der Waals surface area contributed by atoms with Crippen molar-refractivity contribution >= 4 is 38.0 Å². The zero-order chi connectivity index (χ0) is 28.8. The molecule has 1 nitrogen and oxygen atoms in total. The van der Waals surface area contributed by atoms with Crippen LogP contribution in [0.25, 0.3) is 76.7 Å². The summed E-state index contributed by atoms with van der Waals surface area (Å²) in [4.78, 5) is 0. The Morgan fingerprint density at radius 1 is 0.419 bits per heavy atom. The molecule has 0 atom stereocenters. The minimum absolute atomic E-state index is 0.747. The average molecular weight is 549 g/mol. The molecule has 0 aliphatic carbocycles. The normalized spacial score (nSPS) is 13.1. The lowest BCUT2D eigenvalue weighted by molar-refractivity contribution is 1.33. The summed E-state index contributed by atoms with van der Waals surface area (Å²) in [5.74, 6) is 0. The third kappa shape index (κ3) is 4.33. The fourth-order valence-corrected chi connectivity index (χ4v) is 6.71. The lowest BCUT2D eigenvalue weighted by Gasteiger charge is -2.28. The van der Waals surface area contributed by atoms with E-state index in [4.69, 9.17) is 5.32 Å². The van der Waals surface area contributed by atoms with Gasteiger partial charge in [0.1, 0.15) is 0 Å². The molecule has 0 fully saturated rings. The van der Waals surface area contributed by atoms with E-state index in [1.165, 1.54) is 71.3 Å². The van der Waals surface area contributed by atoms with Crippen LogP contribution < -0.4 is 0 Å². The first-order valence-electron chi connectivity index (χ1n) is 14.9. The second-order valence-electron chi connectivity index (χ2n) is 11.3. The van der Waals surface area contributed by atoms with Gasteiger partial charge in [-0.25, -0.2) is 0 Å². The Morgan fingerprint density at radius 2 is 0.907 bits per heavy atom. The fourth-order valence-electron chi connectivity index (χ4n) is 6.71. The van der Waals surface area contributed by atoms with E-state index in [0.29, 0.717) is 0 Å². The number of nitrogens with zero attached hydrogens (tertiary/aromatic N) is 1. The minimum atomic E-state index is 0.747. The van der Waals surface area contributed by atoms with Gasteiger partial charge in [0.15, 0.2) is 0 Å². The maximum absolute atomic E-state index is 4.73. The molecule has 0 amide bonds. The Morgan fingerprint density at radius 3 is 1.51 bits per heavy atom. The molecular formula is C42H30N-. The highest BCUT2D eigenvalue weighted by atomic mass is 14.9. The monoisotopic (exact) mass is 548 g/mol. The molecule has 8 rings (SSSR count). The second kappa shape index (κ2) is 10.5. The molecule has 0 N–H and O–H groups in total. The van der Waals surface area contributed by atoms with Crippen molar-refractivity contribution in [3.63, 3.8) is 0 Å². The van der Waals surface area contributed by atoms with Crippen LogP contribution >= 0.6 is 0 Å². The fraction of sp³-hybridized carbons (Fsp3) is 0.0476. The van der Waals surface area contributed by atoms with Gasteiger partial charge in [-0.15, -0.1) is 12.2 Å². The van der Waals surface area contributed by atoms with Crippen LogP contribution in [-0.4, -0.2) is 6.54 Å². The summed E-state index contributed by atoms with van der Waals surface area (Å²) < 4.78 is 0. The number of hydrogen-bond donors (Lipinski definition) is 0. The van der Waals surface area contributed by atoms with Crippen molar-refractivity contribution in [2.75, 3.05) is 6.54 Å². The van der Waals surface area contributed by atoms with Crippen molar-refractivity contribution < 1.29 is 0 Å². The largest absolute Gasteiger partial charge is 0.681 e. The molecular weight excluding hydrogens is 518 g/mol. The van der Waals surface area contributed by atoms with Crippen LogP contribution in [0.15, 0.2) is 157 Å². The summed E-state index contributed by atoms with van der Waals surface area (Å²) in [5, 5.41) is 12.3. The summed E-state index contributed by atoms with van der Waals surface area (Å²) in [6.07, 6.45) is 4.33. The Balaban J connectivity index is 1.38. The Hall–Kier alpha value is -5.40. The van der Waals surface area contributed by atoms with Gasteiger partial charge in [0, 0.05) is 0 Å². The van der Waals surface area contributed by atoms with Gasteiger partial charge >= 0.3 is 0 Å². The molecule has 7 aromatic carbocycles. The van der Waals surface area contributed by atoms with Crippen LogP contribution in [0.2, 0.25) is 0 Å². The van der Waals surface area contributed by atoms with E-state index < -0.39 is 0 Å². The highest BCUT2D eigenvalue weighted by Gasteiger charge is 2.18. The average Bonchev–Trinajstić information content (AvgIpc) is 3.07. The maximum Gasteiger partial charge on any atom is -0.00201 e. The molecule has 0 saturated heterocycles. The van der Waals surface area contributed by atoms with Crippen LogP contribution in [0.3, 0.4) is 0 Å². The summed E-state index contributed by atoms with van der Waals surface area (Å²) in [7, 11) is 0. The predicted octanol–water partition coefficient (Wildman–Crippen LogP) is 11.8. The van der Waals surface area contributed by atoms with Gasteiger partial charge in [0.2, 0.25) is 0 Å². The summed E-state index contributed by atoms with van der Waals surface area (Å²) in [5.41, 5.74) is 11.0. The Kier molecular flexibility index (Phi) is 6.16. The van der Waals surface area contributed by atoms with Crippen LogP contribution in [0.1, 0.15) is 12.5 Å². The zero-order valence-electron chi connectivity index (χ0n) is 24.1. The molecule has 0 spiro atoms. The van der Waals surface area contributed by atoms with E-state index in [-0.39, 0.29) is 0 Å². The SMILES string of the molecule is CC1=CC[N-]C(c2ccc(-c3c4ccccc4c(-c4ccc(-c5ccccc5)c5ccccc45)c4ccccc34)cc2)=C1. The molecule has 43 heavy (non-hydrogen) atoms. The van der Waals surface area contributed by atoms with Crippen molar-refractivity contribution in [1.29, 1.82) is 0 Å². The lowest BCUT2D eigenvalue weighted by Crippen LogP contribution is -1.94.